The zero-order valence-electron chi connectivity index (χ0n) is 12.3. The zero-order valence-corrected chi connectivity index (χ0v) is 12.3. The fourth-order valence-corrected chi connectivity index (χ4v) is 3.36. The molecule has 4 heteroatoms. The van der Waals surface area contributed by atoms with Gasteiger partial charge in [0.25, 0.3) is 0 Å². The quantitative estimate of drug-likeness (QED) is 0.894. The van der Waals surface area contributed by atoms with Crippen molar-refractivity contribution in [3.05, 3.63) is 35.4 Å². The van der Waals surface area contributed by atoms with Crippen LogP contribution in [0.4, 0.5) is 0 Å². The highest BCUT2D eigenvalue weighted by Gasteiger charge is 2.49. The van der Waals surface area contributed by atoms with E-state index in [9.17, 15) is 14.7 Å². The molecule has 2 N–H and O–H groups in total. The molecule has 0 bridgehead atoms. The van der Waals surface area contributed by atoms with E-state index in [4.69, 9.17) is 0 Å². The lowest BCUT2D eigenvalue weighted by atomic mass is 9.81. The van der Waals surface area contributed by atoms with Gasteiger partial charge in [0.2, 0.25) is 5.91 Å². The SMILES string of the molecule is CC(NC(=O)C1CCCc2ccccc21)(C(=O)O)C1CC1. The van der Waals surface area contributed by atoms with Gasteiger partial charge in [-0.2, -0.15) is 0 Å². The van der Waals surface area contributed by atoms with Crippen LogP contribution in [0.1, 0.15) is 49.7 Å². The van der Waals surface area contributed by atoms with E-state index in [1.807, 2.05) is 18.2 Å². The van der Waals surface area contributed by atoms with Crippen LogP contribution in [0.5, 0.6) is 0 Å². The monoisotopic (exact) mass is 287 g/mol. The summed E-state index contributed by atoms with van der Waals surface area (Å²) in [7, 11) is 0. The first-order chi connectivity index (χ1) is 10.0. The van der Waals surface area contributed by atoms with E-state index in [2.05, 4.69) is 11.4 Å². The molecule has 2 atom stereocenters. The van der Waals surface area contributed by atoms with Crippen LogP contribution < -0.4 is 5.32 Å². The number of nitrogens with one attached hydrogen (secondary N) is 1. The summed E-state index contributed by atoms with van der Waals surface area (Å²) >= 11 is 0. The van der Waals surface area contributed by atoms with Crippen LogP contribution in [0.25, 0.3) is 0 Å². The van der Waals surface area contributed by atoms with Crippen LogP contribution in [0, 0.1) is 5.92 Å². The smallest absolute Gasteiger partial charge is 0.329 e. The standard InChI is InChI=1S/C17H21NO3/c1-17(16(20)21,12-9-10-12)18-15(19)14-8-4-6-11-5-2-3-7-13(11)14/h2-3,5,7,12,14H,4,6,8-10H2,1H3,(H,18,19)(H,20,21). The van der Waals surface area contributed by atoms with Crippen LogP contribution in [0.15, 0.2) is 24.3 Å². The first-order valence-corrected chi connectivity index (χ1v) is 7.65. The van der Waals surface area contributed by atoms with Gasteiger partial charge in [-0.25, -0.2) is 4.79 Å². The summed E-state index contributed by atoms with van der Waals surface area (Å²) in [6.45, 7) is 1.64. The molecule has 21 heavy (non-hydrogen) atoms. The second-order valence-electron chi connectivity index (χ2n) is 6.41. The van der Waals surface area contributed by atoms with Gasteiger partial charge in [0.15, 0.2) is 0 Å². The molecule has 1 aromatic rings. The minimum absolute atomic E-state index is 0.0674. The van der Waals surface area contributed by atoms with Gasteiger partial charge in [0, 0.05) is 0 Å². The molecule has 2 aliphatic carbocycles. The number of fused-ring (bicyclic) bond motifs is 1. The molecule has 1 amide bonds. The normalized spacial score (nSPS) is 23.8. The van der Waals surface area contributed by atoms with E-state index in [1.165, 1.54) is 5.56 Å². The summed E-state index contributed by atoms with van der Waals surface area (Å²) in [5.41, 5.74) is 1.15. The van der Waals surface area contributed by atoms with Crippen molar-refractivity contribution in [3.63, 3.8) is 0 Å². The summed E-state index contributed by atoms with van der Waals surface area (Å²) in [5.74, 6) is -1.22. The molecule has 2 aliphatic rings. The lowest BCUT2D eigenvalue weighted by Crippen LogP contribution is -2.55. The van der Waals surface area contributed by atoms with Crippen molar-refractivity contribution < 1.29 is 14.7 Å². The predicted octanol–water partition coefficient (Wildman–Crippen LogP) is 2.48. The van der Waals surface area contributed by atoms with Crippen molar-refractivity contribution in [2.24, 2.45) is 5.92 Å². The van der Waals surface area contributed by atoms with Crippen LogP contribution in [-0.4, -0.2) is 22.5 Å². The number of amides is 1. The molecule has 0 spiro atoms. The molecule has 0 saturated heterocycles. The highest BCUT2D eigenvalue weighted by Crippen LogP contribution is 2.40. The summed E-state index contributed by atoms with van der Waals surface area (Å²) < 4.78 is 0. The number of aliphatic carboxylic acids is 1. The van der Waals surface area contributed by atoms with Crippen LogP contribution >= 0.6 is 0 Å². The zero-order chi connectivity index (χ0) is 15.0. The largest absolute Gasteiger partial charge is 0.480 e. The van der Waals surface area contributed by atoms with E-state index in [0.29, 0.717) is 0 Å². The number of aryl methyl sites for hydroxylation is 1. The highest BCUT2D eigenvalue weighted by molar-refractivity contribution is 5.91. The minimum Gasteiger partial charge on any atom is -0.480 e. The third-order valence-corrected chi connectivity index (χ3v) is 4.91. The summed E-state index contributed by atoms with van der Waals surface area (Å²) in [6.07, 6.45) is 4.53. The third kappa shape index (κ3) is 2.55. The first-order valence-electron chi connectivity index (χ1n) is 7.65. The Bertz CT molecular complexity index is 579. The number of rotatable bonds is 4. The fourth-order valence-electron chi connectivity index (χ4n) is 3.36. The molecule has 0 heterocycles. The number of carbonyl (C=O) groups is 2. The van der Waals surface area contributed by atoms with Crippen molar-refractivity contribution in [2.45, 2.75) is 50.5 Å². The molecule has 0 radical (unpaired) electrons. The molecule has 0 aliphatic heterocycles. The maximum Gasteiger partial charge on any atom is 0.329 e. The number of carbonyl (C=O) groups excluding carboxylic acids is 1. The molecule has 4 nitrogen and oxygen atoms in total. The Labute approximate surface area is 124 Å². The van der Waals surface area contributed by atoms with Gasteiger partial charge < -0.3 is 10.4 Å². The summed E-state index contributed by atoms with van der Waals surface area (Å²) in [6, 6.07) is 7.99. The number of carboxylic acids is 1. The number of carboxylic acid groups (broad SMARTS) is 1. The van der Waals surface area contributed by atoms with E-state index in [1.54, 1.807) is 6.92 Å². The molecule has 2 unspecified atom stereocenters. The summed E-state index contributed by atoms with van der Waals surface area (Å²) in [4.78, 5) is 24.2. The maximum atomic E-state index is 12.6. The van der Waals surface area contributed by atoms with Crippen molar-refractivity contribution >= 4 is 11.9 Å². The van der Waals surface area contributed by atoms with Crippen LogP contribution in [0.2, 0.25) is 0 Å². The Morgan fingerprint density at radius 3 is 2.62 bits per heavy atom. The maximum absolute atomic E-state index is 12.6. The Morgan fingerprint density at radius 2 is 1.95 bits per heavy atom. The van der Waals surface area contributed by atoms with Gasteiger partial charge in [-0.3, -0.25) is 4.79 Å². The van der Waals surface area contributed by atoms with Gasteiger partial charge in [-0.05, 0) is 56.1 Å². The molecule has 1 aromatic carbocycles. The number of hydrogen-bond donors (Lipinski definition) is 2. The Hall–Kier alpha value is -1.84. The molecular formula is C17H21NO3. The molecule has 1 saturated carbocycles. The lowest BCUT2D eigenvalue weighted by Gasteiger charge is -2.31. The molecule has 112 valence electrons. The van der Waals surface area contributed by atoms with Gasteiger partial charge in [0.05, 0.1) is 5.92 Å². The van der Waals surface area contributed by atoms with Crippen molar-refractivity contribution in [3.8, 4) is 0 Å². The molecular weight excluding hydrogens is 266 g/mol. The van der Waals surface area contributed by atoms with Gasteiger partial charge in [-0.15, -0.1) is 0 Å². The minimum atomic E-state index is -1.12. The van der Waals surface area contributed by atoms with E-state index in [-0.39, 0.29) is 17.7 Å². The Morgan fingerprint density at radius 1 is 1.24 bits per heavy atom. The third-order valence-electron chi connectivity index (χ3n) is 4.91. The highest BCUT2D eigenvalue weighted by atomic mass is 16.4. The number of benzene rings is 1. The van der Waals surface area contributed by atoms with Gasteiger partial charge in [-0.1, -0.05) is 24.3 Å². The predicted molar refractivity (Wildman–Crippen MR) is 79.0 cm³/mol. The second-order valence-corrected chi connectivity index (χ2v) is 6.41. The van der Waals surface area contributed by atoms with Gasteiger partial charge >= 0.3 is 5.97 Å². The van der Waals surface area contributed by atoms with E-state index >= 15 is 0 Å². The molecule has 3 rings (SSSR count). The molecule has 1 fully saturated rings. The fraction of sp³-hybridized carbons (Fsp3) is 0.529. The molecule has 0 aromatic heterocycles. The topological polar surface area (TPSA) is 66.4 Å². The average molecular weight is 287 g/mol. The first kappa shape index (κ1) is 14.1. The van der Waals surface area contributed by atoms with Crippen molar-refractivity contribution in [2.75, 3.05) is 0 Å². The Kier molecular flexibility index (Phi) is 3.47. The average Bonchev–Trinajstić information content (AvgIpc) is 3.31. The summed E-state index contributed by atoms with van der Waals surface area (Å²) in [5, 5.41) is 12.3. The lowest BCUT2D eigenvalue weighted by molar-refractivity contribution is -0.148. The van der Waals surface area contributed by atoms with Crippen LogP contribution in [-0.2, 0) is 16.0 Å². The van der Waals surface area contributed by atoms with Crippen molar-refractivity contribution in [1.29, 1.82) is 0 Å². The van der Waals surface area contributed by atoms with Crippen molar-refractivity contribution in [1.82, 2.24) is 5.32 Å². The number of hydrogen-bond acceptors (Lipinski definition) is 2. The van der Waals surface area contributed by atoms with Crippen LogP contribution in [0.3, 0.4) is 0 Å². The second kappa shape index (κ2) is 5.17. The van der Waals surface area contributed by atoms with Gasteiger partial charge in [0.1, 0.15) is 5.54 Å². The van der Waals surface area contributed by atoms with E-state index in [0.717, 1.165) is 37.7 Å². The Balaban J connectivity index is 1.82. The van der Waals surface area contributed by atoms with E-state index < -0.39 is 11.5 Å².